The number of benzene rings is 1. The fourth-order valence-corrected chi connectivity index (χ4v) is 2.92. The summed E-state index contributed by atoms with van der Waals surface area (Å²) in [6.07, 6.45) is 2.52. The van der Waals surface area contributed by atoms with E-state index in [1.807, 2.05) is 18.2 Å². The van der Waals surface area contributed by atoms with Crippen LogP contribution in [-0.4, -0.2) is 23.7 Å². The smallest absolute Gasteiger partial charge is 0.269 e. The summed E-state index contributed by atoms with van der Waals surface area (Å²) < 4.78 is 6.74. The number of nitrogens with one attached hydrogen (secondary N) is 1. The van der Waals surface area contributed by atoms with E-state index in [1.165, 1.54) is 10.6 Å². The molecule has 0 bridgehead atoms. The third-order valence-electron chi connectivity index (χ3n) is 3.95. The zero-order valence-electron chi connectivity index (χ0n) is 12.7. The number of rotatable bonds is 3. The van der Waals surface area contributed by atoms with E-state index in [0.717, 1.165) is 18.6 Å². The van der Waals surface area contributed by atoms with Gasteiger partial charge in [0.15, 0.2) is 0 Å². The maximum absolute atomic E-state index is 12.4. The van der Waals surface area contributed by atoms with Crippen LogP contribution >= 0.6 is 11.6 Å². The second kappa shape index (κ2) is 6.56. The lowest BCUT2D eigenvalue weighted by molar-refractivity contribution is 0.102. The molecule has 0 spiro atoms. The van der Waals surface area contributed by atoms with Crippen LogP contribution in [0.25, 0.3) is 0 Å². The van der Waals surface area contributed by atoms with Gasteiger partial charge in [0.25, 0.3) is 11.5 Å². The molecule has 1 saturated heterocycles. The molecule has 3 rings (SSSR count). The van der Waals surface area contributed by atoms with Crippen molar-refractivity contribution >= 4 is 23.2 Å². The number of nitrogens with zero attached hydrogens (tertiary/aromatic N) is 1. The monoisotopic (exact) mass is 332 g/mol. The lowest BCUT2D eigenvalue weighted by atomic mass is 9.96. The van der Waals surface area contributed by atoms with Crippen LogP contribution in [0.3, 0.4) is 0 Å². The van der Waals surface area contributed by atoms with Crippen LogP contribution < -0.4 is 10.9 Å². The molecular weight excluding hydrogens is 316 g/mol. The predicted octanol–water partition coefficient (Wildman–Crippen LogP) is 2.79. The van der Waals surface area contributed by atoms with Crippen LogP contribution in [0.5, 0.6) is 0 Å². The van der Waals surface area contributed by atoms with Crippen LogP contribution in [0, 0.1) is 0 Å². The van der Waals surface area contributed by atoms with Gasteiger partial charge in [-0.1, -0.05) is 23.7 Å². The molecule has 0 saturated carbocycles. The van der Waals surface area contributed by atoms with Crippen molar-refractivity contribution in [3.8, 4) is 0 Å². The molecule has 1 aliphatic heterocycles. The lowest BCUT2D eigenvalue weighted by Crippen LogP contribution is -2.19. The van der Waals surface area contributed by atoms with Gasteiger partial charge in [0.05, 0.1) is 12.3 Å². The van der Waals surface area contributed by atoms with Crippen LogP contribution in [-0.2, 0) is 11.8 Å². The van der Waals surface area contributed by atoms with Crippen LogP contribution in [0.2, 0.25) is 5.02 Å². The first kappa shape index (κ1) is 15.8. The predicted molar refractivity (Wildman–Crippen MR) is 89.3 cm³/mol. The molecule has 23 heavy (non-hydrogen) atoms. The SMILES string of the molecule is Cn1cc(NC(=O)c2cccc([C@@H]3CCOC3)c2)cc(Cl)c1=O. The summed E-state index contributed by atoms with van der Waals surface area (Å²) in [6.45, 7) is 1.46. The first-order valence-electron chi connectivity index (χ1n) is 7.40. The van der Waals surface area contributed by atoms with Gasteiger partial charge in [-0.3, -0.25) is 9.59 Å². The van der Waals surface area contributed by atoms with E-state index in [9.17, 15) is 9.59 Å². The molecule has 2 heterocycles. The summed E-state index contributed by atoms with van der Waals surface area (Å²) >= 11 is 5.86. The summed E-state index contributed by atoms with van der Waals surface area (Å²) in [4.78, 5) is 24.0. The van der Waals surface area contributed by atoms with Crippen LogP contribution in [0.4, 0.5) is 5.69 Å². The minimum absolute atomic E-state index is 0.0714. The van der Waals surface area contributed by atoms with E-state index < -0.39 is 0 Å². The number of aromatic nitrogens is 1. The number of pyridine rings is 1. The molecule has 6 heteroatoms. The Hall–Kier alpha value is -2.11. The average Bonchev–Trinajstić information content (AvgIpc) is 3.07. The Morgan fingerprint density at radius 2 is 2.22 bits per heavy atom. The minimum Gasteiger partial charge on any atom is -0.381 e. The summed E-state index contributed by atoms with van der Waals surface area (Å²) in [7, 11) is 1.59. The fourth-order valence-electron chi connectivity index (χ4n) is 2.67. The van der Waals surface area contributed by atoms with Gasteiger partial charge in [0.1, 0.15) is 5.02 Å². The number of halogens is 1. The highest BCUT2D eigenvalue weighted by Crippen LogP contribution is 2.26. The molecule has 1 atom stereocenters. The maximum atomic E-state index is 12.4. The highest BCUT2D eigenvalue weighted by Gasteiger charge is 2.19. The quantitative estimate of drug-likeness (QED) is 0.940. The molecule has 0 unspecified atom stereocenters. The van der Waals surface area contributed by atoms with Gasteiger partial charge in [0.2, 0.25) is 0 Å². The van der Waals surface area contributed by atoms with Crippen molar-refractivity contribution in [2.75, 3.05) is 18.5 Å². The summed E-state index contributed by atoms with van der Waals surface area (Å²) in [5.41, 5.74) is 1.86. The third-order valence-corrected chi connectivity index (χ3v) is 4.22. The highest BCUT2D eigenvalue weighted by molar-refractivity contribution is 6.30. The number of anilines is 1. The van der Waals surface area contributed by atoms with E-state index in [4.69, 9.17) is 16.3 Å². The molecule has 0 radical (unpaired) electrons. The molecule has 0 aliphatic carbocycles. The Morgan fingerprint density at radius 1 is 1.39 bits per heavy atom. The van der Waals surface area contributed by atoms with E-state index in [-0.39, 0.29) is 16.5 Å². The molecule has 1 amide bonds. The van der Waals surface area contributed by atoms with Crippen LogP contribution in [0.1, 0.15) is 28.3 Å². The Labute approximate surface area is 138 Å². The van der Waals surface area contributed by atoms with Gasteiger partial charge in [-0.25, -0.2) is 0 Å². The molecule has 1 aromatic carbocycles. The van der Waals surface area contributed by atoms with E-state index >= 15 is 0 Å². The van der Waals surface area contributed by atoms with E-state index in [0.29, 0.717) is 23.8 Å². The molecule has 120 valence electrons. The number of ether oxygens (including phenoxy) is 1. The number of hydrogen-bond donors (Lipinski definition) is 1. The van der Waals surface area contributed by atoms with Crippen molar-refractivity contribution in [2.24, 2.45) is 7.05 Å². The zero-order valence-corrected chi connectivity index (χ0v) is 13.5. The summed E-state index contributed by atoms with van der Waals surface area (Å²) in [5.74, 6) is 0.107. The van der Waals surface area contributed by atoms with Gasteiger partial charge in [0, 0.05) is 31.3 Å². The zero-order chi connectivity index (χ0) is 16.4. The molecule has 2 aromatic rings. The Balaban J connectivity index is 1.80. The van der Waals surface area contributed by atoms with Crippen molar-refractivity contribution in [3.05, 3.63) is 63.0 Å². The third kappa shape index (κ3) is 3.46. The van der Waals surface area contributed by atoms with Crippen LogP contribution in [0.15, 0.2) is 41.3 Å². The van der Waals surface area contributed by atoms with Gasteiger partial charge >= 0.3 is 0 Å². The number of hydrogen-bond acceptors (Lipinski definition) is 3. The standard InChI is InChI=1S/C17H17ClN2O3/c1-20-9-14(8-15(18)17(20)22)19-16(21)12-4-2-3-11(7-12)13-5-6-23-10-13/h2-4,7-9,13H,5-6,10H2,1H3,(H,19,21)/t13-/m1/s1. The number of aryl methyl sites for hydroxylation is 1. The van der Waals surface area contributed by atoms with Crippen molar-refractivity contribution in [2.45, 2.75) is 12.3 Å². The minimum atomic E-state index is -0.298. The first-order valence-corrected chi connectivity index (χ1v) is 7.77. The summed E-state index contributed by atoms with van der Waals surface area (Å²) in [6, 6.07) is 8.99. The number of carbonyl (C=O) groups is 1. The fraction of sp³-hybridized carbons (Fsp3) is 0.294. The van der Waals surface area contributed by atoms with Gasteiger partial charge in [-0.2, -0.15) is 0 Å². The first-order chi connectivity index (χ1) is 11.0. The second-order valence-electron chi connectivity index (χ2n) is 5.63. The van der Waals surface area contributed by atoms with E-state index in [2.05, 4.69) is 5.32 Å². The van der Waals surface area contributed by atoms with Crippen molar-refractivity contribution in [1.29, 1.82) is 0 Å². The van der Waals surface area contributed by atoms with Crippen molar-refractivity contribution < 1.29 is 9.53 Å². The number of amides is 1. The van der Waals surface area contributed by atoms with Gasteiger partial charge in [-0.15, -0.1) is 0 Å². The van der Waals surface area contributed by atoms with Crippen molar-refractivity contribution in [3.63, 3.8) is 0 Å². The normalized spacial score (nSPS) is 17.2. The molecule has 1 fully saturated rings. The topological polar surface area (TPSA) is 60.3 Å². The Morgan fingerprint density at radius 3 is 2.91 bits per heavy atom. The van der Waals surface area contributed by atoms with Crippen molar-refractivity contribution in [1.82, 2.24) is 4.57 Å². The maximum Gasteiger partial charge on any atom is 0.269 e. The lowest BCUT2D eigenvalue weighted by Gasteiger charge is -2.11. The number of carbonyl (C=O) groups excluding carboxylic acids is 1. The Bertz CT molecular complexity index is 768. The molecule has 1 N–H and O–H groups in total. The van der Waals surface area contributed by atoms with Gasteiger partial charge in [-0.05, 0) is 30.2 Å². The molecule has 5 nitrogen and oxygen atoms in total. The Kier molecular flexibility index (Phi) is 4.50. The molecule has 1 aromatic heterocycles. The highest BCUT2D eigenvalue weighted by atomic mass is 35.5. The molecule has 1 aliphatic rings. The molecular formula is C17H17ClN2O3. The van der Waals surface area contributed by atoms with Gasteiger partial charge < -0.3 is 14.6 Å². The second-order valence-corrected chi connectivity index (χ2v) is 6.04. The largest absolute Gasteiger partial charge is 0.381 e. The van der Waals surface area contributed by atoms with E-state index in [1.54, 1.807) is 19.3 Å². The average molecular weight is 333 g/mol. The summed E-state index contributed by atoms with van der Waals surface area (Å²) in [5, 5.41) is 2.84.